The van der Waals surface area contributed by atoms with Gasteiger partial charge in [0.15, 0.2) is 10.9 Å². The third-order valence-corrected chi connectivity index (χ3v) is 6.98. The highest BCUT2D eigenvalue weighted by Crippen LogP contribution is 2.43. The zero-order chi connectivity index (χ0) is 20.5. The van der Waals surface area contributed by atoms with Crippen molar-refractivity contribution in [1.29, 1.82) is 0 Å². The average Bonchev–Trinajstić information content (AvgIpc) is 3.14. The summed E-state index contributed by atoms with van der Waals surface area (Å²) in [6, 6.07) is 16.4. The quantitative estimate of drug-likeness (QED) is 0.512. The number of hydrogen-bond acceptors (Lipinski definition) is 5. The van der Waals surface area contributed by atoms with E-state index in [1.54, 1.807) is 11.3 Å². The number of aryl methyl sites for hydroxylation is 1. The van der Waals surface area contributed by atoms with Crippen molar-refractivity contribution in [2.45, 2.75) is 50.5 Å². The fourth-order valence-electron chi connectivity index (χ4n) is 4.09. The van der Waals surface area contributed by atoms with Crippen LogP contribution in [0.4, 0.5) is 10.8 Å². The van der Waals surface area contributed by atoms with Crippen LogP contribution in [-0.4, -0.2) is 22.2 Å². The van der Waals surface area contributed by atoms with Gasteiger partial charge in [-0.25, -0.2) is 4.98 Å². The number of carboxylic acid groups (broad SMARTS) is 1. The molecule has 3 aromatic rings. The van der Waals surface area contributed by atoms with Crippen molar-refractivity contribution in [3.8, 4) is 16.9 Å². The van der Waals surface area contributed by atoms with Gasteiger partial charge in [0, 0.05) is 10.4 Å². The van der Waals surface area contributed by atoms with E-state index in [4.69, 9.17) is 4.74 Å². The van der Waals surface area contributed by atoms with Crippen molar-refractivity contribution in [3.05, 3.63) is 59.1 Å². The van der Waals surface area contributed by atoms with E-state index in [1.165, 1.54) is 6.42 Å². The predicted octanol–water partition coefficient (Wildman–Crippen LogP) is 5.99. The number of ether oxygens (including phenoxy) is 1. The molecule has 0 saturated heterocycles. The first-order valence-electron chi connectivity index (χ1n) is 10.5. The molecule has 2 aliphatic rings. The minimum Gasteiger partial charge on any atom is -0.488 e. The normalized spacial score (nSPS) is 18.3. The summed E-state index contributed by atoms with van der Waals surface area (Å²) >= 11 is 1.56. The maximum absolute atomic E-state index is 11.6. The number of thiazole rings is 1. The molecule has 1 atom stereocenters. The standard InChI is InChI=1S/C24H24N2O3S/c27-23(28)18-12-6-14-20-21(18)26-24(30-20)25-19-13-5-11-17(15-7-2-1-3-8-15)22(19)29-16-9-4-10-16/h1-3,5,7-8,11,13,16,18H,4,6,9-10,12,14H2,(H,25,26)(H,27,28). The molecule has 0 radical (unpaired) electrons. The van der Waals surface area contributed by atoms with Crippen molar-refractivity contribution in [2.24, 2.45) is 0 Å². The van der Waals surface area contributed by atoms with Crippen LogP contribution in [0, 0.1) is 0 Å². The Morgan fingerprint density at radius 3 is 2.63 bits per heavy atom. The van der Waals surface area contributed by atoms with Crippen LogP contribution in [0.2, 0.25) is 0 Å². The van der Waals surface area contributed by atoms with Gasteiger partial charge in [0.2, 0.25) is 0 Å². The lowest BCUT2D eigenvalue weighted by Gasteiger charge is -2.29. The summed E-state index contributed by atoms with van der Waals surface area (Å²) in [5.41, 5.74) is 3.76. The Morgan fingerprint density at radius 2 is 1.90 bits per heavy atom. The summed E-state index contributed by atoms with van der Waals surface area (Å²) in [6.45, 7) is 0. The number of hydrogen-bond donors (Lipinski definition) is 2. The highest BCUT2D eigenvalue weighted by molar-refractivity contribution is 7.15. The molecule has 0 amide bonds. The van der Waals surface area contributed by atoms with E-state index in [-0.39, 0.29) is 6.10 Å². The van der Waals surface area contributed by atoms with E-state index >= 15 is 0 Å². The summed E-state index contributed by atoms with van der Waals surface area (Å²) in [5.74, 6) is -0.439. The minimum absolute atomic E-state index is 0.247. The SMILES string of the molecule is O=C(O)C1CCCc2sc(Nc3cccc(-c4ccccc4)c3OC3CCC3)nc21. The molecule has 0 aliphatic heterocycles. The van der Waals surface area contributed by atoms with Crippen LogP contribution in [0.1, 0.15) is 48.6 Å². The van der Waals surface area contributed by atoms with Gasteiger partial charge >= 0.3 is 5.97 Å². The molecule has 0 spiro atoms. The van der Waals surface area contributed by atoms with E-state index in [9.17, 15) is 9.90 Å². The third kappa shape index (κ3) is 3.67. The molecule has 5 nitrogen and oxygen atoms in total. The van der Waals surface area contributed by atoms with Crippen molar-refractivity contribution in [1.82, 2.24) is 4.98 Å². The number of aromatic nitrogens is 1. The first-order chi connectivity index (χ1) is 14.7. The molecule has 2 N–H and O–H groups in total. The summed E-state index contributed by atoms with van der Waals surface area (Å²) in [6.07, 6.45) is 6.06. The summed E-state index contributed by atoms with van der Waals surface area (Å²) in [4.78, 5) is 17.4. The first kappa shape index (κ1) is 19.1. The van der Waals surface area contributed by atoms with Crippen molar-refractivity contribution >= 4 is 28.1 Å². The maximum atomic E-state index is 11.6. The minimum atomic E-state index is -0.784. The molecule has 1 unspecified atom stereocenters. The Morgan fingerprint density at radius 1 is 1.07 bits per heavy atom. The fourth-order valence-corrected chi connectivity index (χ4v) is 5.17. The lowest BCUT2D eigenvalue weighted by atomic mass is 9.91. The number of carbonyl (C=O) groups is 1. The van der Waals surface area contributed by atoms with E-state index in [2.05, 4.69) is 28.5 Å². The Balaban J connectivity index is 1.51. The first-order valence-corrected chi connectivity index (χ1v) is 11.3. The number of carboxylic acids is 1. The predicted molar refractivity (Wildman–Crippen MR) is 119 cm³/mol. The number of fused-ring (bicyclic) bond motifs is 1. The Labute approximate surface area is 179 Å². The largest absolute Gasteiger partial charge is 0.488 e. The van der Waals surface area contributed by atoms with Gasteiger partial charge in [0.25, 0.3) is 0 Å². The number of aliphatic carboxylic acids is 1. The van der Waals surface area contributed by atoms with Gasteiger partial charge < -0.3 is 15.2 Å². The second kappa shape index (κ2) is 8.11. The highest BCUT2D eigenvalue weighted by Gasteiger charge is 2.30. The van der Waals surface area contributed by atoms with Gasteiger partial charge in [-0.15, -0.1) is 11.3 Å². The van der Waals surface area contributed by atoms with Gasteiger partial charge in [0.05, 0.1) is 17.5 Å². The van der Waals surface area contributed by atoms with E-state index in [0.29, 0.717) is 6.42 Å². The number of rotatable bonds is 6. The fraction of sp³-hybridized carbons (Fsp3) is 0.333. The number of benzene rings is 2. The van der Waals surface area contributed by atoms with Crippen LogP contribution in [0.15, 0.2) is 48.5 Å². The zero-order valence-electron chi connectivity index (χ0n) is 16.6. The van der Waals surface area contributed by atoms with Crippen molar-refractivity contribution in [2.75, 3.05) is 5.32 Å². The van der Waals surface area contributed by atoms with E-state index < -0.39 is 11.9 Å². The second-order valence-corrected chi connectivity index (χ2v) is 9.04. The van der Waals surface area contributed by atoms with Crippen LogP contribution < -0.4 is 10.1 Å². The molecule has 1 fully saturated rings. The van der Waals surface area contributed by atoms with Gasteiger partial charge in [-0.05, 0) is 50.2 Å². The molecule has 154 valence electrons. The molecule has 2 aliphatic carbocycles. The highest BCUT2D eigenvalue weighted by atomic mass is 32.1. The van der Waals surface area contributed by atoms with Crippen LogP contribution in [-0.2, 0) is 11.2 Å². The molecular formula is C24H24N2O3S. The summed E-state index contributed by atoms with van der Waals surface area (Å²) in [5, 5.41) is 13.7. The van der Waals surface area contributed by atoms with Crippen molar-refractivity contribution in [3.63, 3.8) is 0 Å². The molecule has 2 aromatic carbocycles. The van der Waals surface area contributed by atoms with Crippen LogP contribution in [0.5, 0.6) is 5.75 Å². The molecule has 0 bridgehead atoms. The average molecular weight is 421 g/mol. The van der Waals surface area contributed by atoms with Gasteiger partial charge in [-0.1, -0.05) is 42.5 Å². The number of para-hydroxylation sites is 1. The molecule has 30 heavy (non-hydrogen) atoms. The lowest BCUT2D eigenvalue weighted by molar-refractivity contribution is -0.139. The van der Waals surface area contributed by atoms with Gasteiger partial charge in [-0.2, -0.15) is 0 Å². The van der Waals surface area contributed by atoms with Crippen LogP contribution >= 0.6 is 11.3 Å². The van der Waals surface area contributed by atoms with Crippen LogP contribution in [0.3, 0.4) is 0 Å². The van der Waals surface area contributed by atoms with E-state index in [1.807, 2.05) is 30.3 Å². The third-order valence-electron chi connectivity index (χ3n) is 5.93. The molecule has 1 saturated carbocycles. The van der Waals surface area contributed by atoms with Crippen molar-refractivity contribution < 1.29 is 14.6 Å². The monoisotopic (exact) mass is 420 g/mol. The van der Waals surface area contributed by atoms with Crippen LogP contribution in [0.25, 0.3) is 11.1 Å². The number of nitrogens with one attached hydrogen (secondary N) is 1. The van der Waals surface area contributed by atoms with E-state index in [0.717, 1.165) is 63.9 Å². The molecule has 5 rings (SSSR count). The Bertz CT molecular complexity index is 1060. The second-order valence-electron chi connectivity index (χ2n) is 7.95. The van der Waals surface area contributed by atoms with Gasteiger partial charge in [0.1, 0.15) is 5.92 Å². The topological polar surface area (TPSA) is 71.5 Å². The zero-order valence-corrected chi connectivity index (χ0v) is 17.5. The molecule has 1 heterocycles. The summed E-state index contributed by atoms with van der Waals surface area (Å²) < 4.78 is 6.42. The van der Waals surface area contributed by atoms with Gasteiger partial charge in [-0.3, -0.25) is 4.79 Å². The lowest BCUT2D eigenvalue weighted by Crippen LogP contribution is -2.25. The summed E-state index contributed by atoms with van der Waals surface area (Å²) in [7, 11) is 0. The Hall–Kier alpha value is -2.86. The Kier molecular flexibility index (Phi) is 5.17. The molecule has 1 aromatic heterocycles. The maximum Gasteiger partial charge on any atom is 0.312 e. The smallest absolute Gasteiger partial charge is 0.312 e. The number of anilines is 2. The molecular weight excluding hydrogens is 396 g/mol. The number of nitrogens with zero attached hydrogens (tertiary/aromatic N) is 1. The molecule has 6 heteroatoms.